The van der Waals surface area contributed by atoms with Crippen molar-refractivity contribution in [1.82, 2.24) is 4.72 Å². The maximum absolute atomic E-state index is 11.7. The minimum absolute atomic E-state index is 0.0248. The van der Waals surface area contributed by atoms with Crippen molar-refractivity contribution in [2.24, 2.45) is 0 Å². The molecule has 1 aliphatic heterocycles. The highest BCUT2D eigenvalue weighted by Crippen LogP contribution is 2.31. The molecule has 0 radical (unpaired) electrons. The minimum atomic E-state index is -3.22. The lowest BCUT2D eigenvalue weighted by atomic mass is 10.2. The van der Waals surface area contributed by atoms with Gasteiger partial charge in [-0.05, 0) is 24.1 Å². The lowest BCUT2D eigenvalue weighted by Crippen LogP contribution is -2.26. The maximum atomic E-state index is 11.7. The molecule has 7 heteroatoms. The first-order chi connectivity index (χ1) is 9.50. The third-order valence-electron chi connectivity index (χ3n) is 2.94. The lowest BCUT2D eigenvalue weighted by Gasteiger charge is -2.17. The molecular weight excluding hydrogens is 296 g/mol. The molecule has 20 heavy (non-hydrogen) atoms. The van der Waals surface area contributed by atoms with Crippen molar-refractivity contribution >= 4 is 33.4 Å². The highest BCUT2D eigenvalue weighted by atomic mass is 32.2. The smallest absolute Gasteiger partial charge is 0.234 e. The van der Waals surface area contributed by atoms with E-state index in [0.29, 0.717) is 12.2 Å². The maximum Gasteiger partial charge on any atom is 0.234 e. The summed E-state index contributed by atoms with van der Waals surface area (Å²) in [7, 11) is -3.22. The normalized spacial score (nSPS) is 14.8. The van der Waals surface area contributed by atoms with Gasteiger partial charge in [-0.25, -0.2) is 13.1 Å². The van der Waals surface area contributed by atoms with Gasteiger partial charge in [0.1, 0.15) is 0 Å². The molecular formula is C13H18N2O3S2. The van der Waals surface area contributed by atoms with Gasteiger partial charge in [0.15, 0.2) is 0 Å². The Kier molecular flexibility index (Phi) is 5.06. The topological polar surface area (TPSA) is 75.3 Å². The number of rotatable bonds is 6. The van der Waals surface area contributed by atoms with Crippen molar-refractivity contribution in [2.75, 3.05) is 16.8 Å². The lowest BCUT2D eigenvalue weighted by molar-refractivity contribution is -0.113. The molecule has 0 saturated heterocycles. The molecule has 0 aromatic heterocycles. The highest BCUT2D eigenvalue weighted by molar-refractivity contribution is 8.00. The SMILES string of the molecule is CCCCS(=O)(=O)NCc1ccc2c(c1)NC(=O)CS2. The van der Waals surface area contributed by atoms with Crippen molar-refractivity contribution < 1.29 is 13.2 Å². The fourth-order valence-corrected chi connectivity index (χ4v) is 3.83. The molecule has 0 spiro atoms. The number of carbonyl (C=O) groups excluding carboxylic acids is 1. The molecule has 0 atom stereocenters. The predicted molar refractivity (Wildman–Crippen MR) is 81.3 cm³/mol. The largest absolute Gasteiger partial charge is 0.324 e. The van der Waals surface area contributed by atoms with Crippen LogP contribution < -0.4 is 10.0 Å². The summed E-state index contributed by atoms with van der Waals surface area (Å²) in [6, 6.07) is 5.61. The van der Waals surface area contributed by atoms with Crippen LogP contribution in [0.5, 0.6) is 0 Å². The molecule has 1 heterocycles. The fourth-order valence-electron chi connectivity index (χ4n) is 1.84. The van der Waals surface area contributed by atoms with Gasteiger partial charge in [-0.2, -0.15) is 0 Å². The minimum Gasteiger partial charge on any atom is -0.324 e. The number of unbranched alkanes of at least 4 members (excludes halogenated alkanes) is 1. The molecule has 2 rings (SSSR count). The number of anilines is 1. The average Bonchev–Trinajstić information content (AvgIpc) is 2.42. The Labute approximate surface area is 123 Å². The van der Waals surface area contributed by atoms with E-state index in [1.54, 1.807) is 0 Å². The summed E-state index contributed by atoms with van der Waals surface area (Å²) in [6.45, 7) is 2.21. The Hall–Kier alpha value is -1.05. The second kappa shape index (κ2) is 6.60. The Morgan fingerprint density at radius 1 is 1.40 bits per heavy atom. The van der Waals surface area contributed by atoms with Gasteiger partial charge in [0.05, 0.1) is 17.2 Å². The molecule has 0 aliphatic carbocycles. The van der Waals surface area contributed by atoms with E-state index in [9.17, 15) is 13.2 Å². The van der Waals surface area contributed by atoms with Crippen molar-refractivity contribution in [1.29, 1.82) is 0 Å². The summed E-state index contributed by atoms with van der Waals surface area (Å²) >= 11 is 1.49. The number of benzene rings is 1. The fraction of sp³-hybridized carbons (Fsp3) is 0.462. The van der Waals surface area contributed by atoms with Crippen molar-refractivity contribution in [2.45, 2.75) is 31.2 Å². The van der Waals surface area contributed by atoms with Crippen LogP contribution in [0.15, 0.2) is 23.1 Å². The van der Waals surface area contributed by atoms with Crippen molar-refractivity contribution in [3.63, 3.8) is 0 Å². The molecule has 0 saturated carbocycles. The Morgan fingerprint density at radius 2 is 2.20 bits per heavy atom. The van der Waals surface area contributed by atoms with E-state index < -0.39 is 10.0 Å². The van der Waals surface area contributed by atoms with Crippen molar-refractivity contribution in [3.05, 3.63) is 23.8 Å². The first kappa shape index (κ1) is 15.3. The number of thioether (sulfide) groups is 1. The van der Waals surface area contributed by atoms with Gasteiger partial charge in [0.25, 0.3) is 0 Å². The first-order valence-corrected chi connectivity index (χ1v) is 9.17. The molecule has 1 amide bonds. The molecule has 1 aliphatic rings. The van der Waals surface area contributed by atoms with Crippen LogP contribution in [0.3, 0.4) is 0 Å². The number of hydrogen-bond acceptors (Lipinski definition) is 4. The molecule has 5 nitrogen and oxygen atoms in total. The molecule has 1 aromatic carbocycles. The molecule has 0 bridgehead atoms. The van der Waals surface area contributed by atoms with Crippen LogP contribution in [0, 0.1) is 0 Å². The summed E-state index contributed by atoms with van der Waals surface area (Å²) in [6.07, 6.45) is 1.51. The Balaban J connectivity index is 2.00. The van der Waals surface area contributed by atoms with E-state index in [1.165, 1.54) is 11.8 Å². The van der Waals surface area contributed by atoms with Crippen LogP contribution in [0.25, 0.3) is 0 Å². The zero-order chi connectivity index (χ0) is 14.6. The molecule has 2 N–H and O–H groups in total. The highest BCUT2D eigenvalue weighted by Gasteiger charge is 2.16. The Morgan fingerprint density at radius 3 is 2.95 bits per heavy atom. The van der Waals surface area contributed by atoms with Gasteiger partial charge in [0, 0.05) is 11.4 Å². The summed E-state index contributed by atoms with van der Waals surface area (Å²) in [4.78, 5) is 12.3. The Bertz CT molecular complexity index is 600. The number of amides is 1. The van der Waals surface area contributed by atoms with Crippen LogP contribution in [0.4, 0.5) is 5.69 Å². The van der Waals surface area contributed by atoms with Gasteiger partial charge >= 0.3 is 0 Å². The molecule has 0 unspecified atom stereocenters. The van der Waals surface area contributed by atoms with Gasteiger partial charge in [-0.15, -0.1) is 11.8 Å². The first-order valence-electron chi connectivity index (χ1n) is 6.53. The second-order valence-electron chi connectivity index (χ2n) is 4.66. The number of fused-ring (bicyclic) bond motifs is 1. The van der Waals surface area contributed by atoms with E-state index in [2.05, 4.69) is 10.0 Å². The summed E-state index contributed by atoms with van der Waals surface area (Å²) in [5.74, 6) is 0.556. The van der Waals surface area contributed by atoms with E-state index >= 15 is 0 Å². The number of nitrogens with one attached hydrogen (secondary N) is 2. The average molecular weight is 314 g/mol. The molecule has 0 fully saturated rings. The zero-order valence-electron chi connectivity index (χ0n) is 11.3. The van der Waals surface area contributed by atoms with E-state index in [1.807, 2.05) is 25.1 Å². The summed E-state index contributed by atoms with van der Waals surface area (Å²) in [5, 5.41) is 2.79. The summed E-state index contributed by atoms with van der Waals surface area (Å²) in [5.41, 5.74) is 1.60. The van der Waals surface area contributed by atoms with Gasteiger partial charge in [-0.3, -0.25) is 4.79 Å². The molecule has 110 valence electrons. The van der Waals surface area contributed by atoms with E-state index in [0.717, 1.165) is 22.6 Å². The van der Waals surface area contributed by atoms with Gasteiger partial charge in [-0.1, -0.05) is 19.4 Å². The number of sulfonamides is 1. The van der Waals surface area contributed by atoms with Crippen LogP contribution in [-0.4, -0.2) is 25.8 Å². The summed E-state index contributed by atoms with van der Waals surface area (Å²) < 4.78 is 26.0. The molecule has 1 aromatic rings. The van der Waals surface area contributed by atoms with Crippen LogP contribution >= 0.6 is 11.8 Å². The third kappa shape index (κ3) is 4.22. The number of carbonyl (C=O) groups is 1. The second-order valence-corrected chi connectivity index (χ2v) is 7.60. The predicted octanol–water partition coefficient (Wildman–Crippen LogP) is 1.95. The standard InChI is InChI=1S/C13H18N2O3S2/c1-2-3-6-20(17,18)14-8-10-4-5-12-11(7-10)15-13(16)9-19-12/h4-5,7,14H,2-3,6,8-9H2,1H3,(H,15,16). The van der Waals surface area contributed by atoms with Crippen LogP contribution in [0.2, 0.25) is 0 Å². The number of hydrogen-bond donors (Lipinski definition) is 2. The van der Waals surface area contributed by atoms with Crippen LogP contribution in [-0.2, 0) is 21.4 Å². The zero-order valence-corrected chi connectivity index (χ0v) is 12.9. The quantitative estimate of drug-likeness (QED) is 0.841. The third-order valence-corrected chi connectivity index (χ3v) is 5.42. The van der Waals surface area contributed by atoms with Gasteiger partial charge in [0.2, 0.25) is 15.9 Å². The van der Waals surface area contributed by atoms with E-state index in [4.69, 9.17) is 0 Å². The van der Waals surface area contributed by atoms with Crippen molar-refractivity contribution in [3.8, 4) is 0 Å². The van der Waals surface area contributed by atoms with Crippen LogP contribution in [0.1, 0.15) is 25.3 Å². The van der Waals surface area contributed by atoms with E-state index in [-0.39, 0.29) is 18.2 Å². The van der Waals surface area contributed by atoms with Gasteiger partial charge < -0.3 is 5.32 Å². The monoisotopic (exact) mass is 314 g/mol.